The Kier molecular flexibility index (Phi) is 1.38. The molecule has 0 aromatic heterocycles. The first-order chi connectivity index (χ1) is 5.07. The molecule has 0 aromatic carbocycles. The van der Waals surface area contributed by atoms with Gasteiger partial charge in [-0.15, -0.1) is 0 Å². The first-order valence-corrected chi connectivity index (χ1v) is 5.38. The fraction of sp³-hybridized carbons (Fsp3) is 0.714. The zero-order valence-electron chi connectivity index (χ0n) is 6.10. The van der Waals surface area contributed by atoms with E-state index in [1.54, 1.807) is 0 Å². The summed E-state index contributed by atoms with van der Waals surface area (Å²) in [5.74, 6) is 0.679. The average molecular weight is 173 g/mol. The van der Waals surface area contributed by atoms with Crippen molar-refractivity contribution in [3.8, 4) is 0 Å². The highest BCUT2D eigenvalue weighted by molar-refractivity contribution is 7.89. The van der Waals surface area contributed by atoms with Crippen LogP contribution in [0.1, 0.15) is 12.8 Å². The lowest BCUT2D eigenvalue weighted by atomic mass is 10.1. The predicted octanol–water partition coefficient (Wildman–Crippen LogP) is 0.240. The second-order valence-electron chi connectivity index (χ2n) is 3.41. The standard InChI is InChI=1S/C7H11NO2S/c8-11(9,10)7-4-5-1-2-6(7)3-5/h1-2,5-7H,3-4H2,(H2,8,9,10)/t5-,6+,7?/m1/s1. The fourth-order valence-corrected chi connectivity index (χ4v) is 3.31. The first kappa shape index (κ1) is 7.31. The Labute approximate surface area is 66.3 Å². The molecule has 2 bridgehead atoms. The molecule has 62 valence electrons. The van der Waals surface area contributed by atoms with Crippen molar-refractivity contribution >= 4 is 10.0 Å². The van der Waals surface area contributed by atoms with Gasteiger partial charge in [0.2, 0.25) is 10.0 Å². The van der Waals surface area contributed by atoms with E-state index in [2.05, 4.69) is 6.08 Å². The molecule has 2 aliphatic rings. The minimum Gasteiger partial charge on any atom is -0.228 e. The molecule has 3 atom stereocenters. The Morgan fingerprint density at radius 2 is 2.00 bits per heavy atom. The van der Waals surface area contributed by atoms with E-state index >= 15 is 0 Å². The van der Waals surface area contributed by atoms with Gasteiger partial charge in [-0.1, -0.05) is 12.2 Å². The normalized spacial score (nSPS) is 41.7. The number of primary sulfonamides is 1. The number of allylic oxidation sites excluding steroid dienone is 2. The van der Waals surface area contributed by atoms with Gasteiger partial charge in [0.1, 0.15) is 0 Å². The number of hydrogen-bond donors (Lipinski definition) is 1. The summed E-state index contributed by atoms with van der Waals surface area (Å²) >= 11 is 0. The van der Waals surface area contributed by atoms with Crippen molar-refractivity contribution in [1.82, 2.24) is 0 Å². The van der Waals surface area contributed by atoms with Crippen LogP contribution in [0.15, 0.2) is 12.2 Å². The van der Waals surface area contributed by atoms with Gasteiger partial charge in [-0.05, 0) is 24.7 Å². The summed E-state index contributed by atoms with van der Waals surface area (Å²) in [5, 5.41) is 4.77. The lowest BCUT2D eigenvalue weighted by Crippen LogP contribution is -2.31. The SMILES string of the molecule is NS(=O)(=O)C1C[C@@H]2C=C[C@H]1C2. The first-order valence-electron chi connectivity index (χ1n) is 3.77. The van der Waals surface area contributed by atoms with E-state index in [1.165, 1.54) is 0 Å². The van der Waals surface area contributed by atoms with E-state index < -0.39 is 10.0 Å². The molecule has 2 aliphatic carbocycles. The van der Waals surface area contributed by atoms with E-state index in [4.69, 9.17) is 5.14 Å². The minimum absolute atomic E-state index is 0.204. The molecule has 0 radical (unpaired) electrons. The summed E-state index contributed by atoms with van der Waals surface area (Å²) in [7, 11) is -3.28. The zero-order valence-corrected chi connectivity index (χ0v) is 6.92. The van der Waals surface area contributed by atoms with Crippen LogP contribution in [0.2, 0.25) is 0 Å². The Morgan fingerprint density at radius 1 is 1.27 bits per heavy atom. The summed E-state index contributed by atoms with van der Waals surface area (Å²) in [4.78, 5) is 0. The van der Waals surface area contributed by atoms with Gasteiger partial charge < -0.3 is 0 Å². The van der Waals surface area contributed by atoms with Crippen molar-refractivity contribution in [2.45, 2.75) is 18.1 Å². The van der Waals surface area contributed by atoms with Crippen molar-refractivity contribution in [2.75, 3.05) is 0 Å². The summed E-state index contributed by atoms with van der Waals surface area (Å²) in [6.45, 7) is 0. The molecule has 0 spiro atoms. The molecule has 0 heterocycles. The Bertz CT molecular complexity index is 294. The molecule has 2 rings (SSSR count). The van der Waals surface area contributed by atoms with Gasteiger partial charge in [0.15, 0.2) is 0 Å². The number of nitrogens with two attached hydrogens (primary N) is 1. The van der Waals surface area contributed by atoms with Gasteiger partial charge in [-0.25, -0.2) is 13.6 Å². The smallest absolute Gasteiger partial charge is 0.212 e. The maximum Gasteiger partial charge on any atom is 0.212 e. The van der Waals surface area contributed by atoms with E-state index in [1.807, 2.05) is 6.08 Å². The molecule has 1 unspecified atom stereocenters. The molecule has 0 saturated heterocycles. The third kappa shape index (κ3) is 1.10. The largest absolute Gasteiger partial charge is 0.228 e. The molecule has 0 aromatic rings. The summed E-state index contributed by atoms with van der Waals surface area (Å²) < 4.78 is 21.9. The van der Waals surface area contributed by atoms with Crippen molar-refractivity contribution in [3.05, 3.63) is 12.2 Å². The van der Waals surface area contributed by atoms with E-state index in [-0.39, 0.29) is 11.2 Å². The quantitative estimate of drug-likeness (QED) is 0.577. The number of fused-ring (bicyclic) bond motifs is 2. The second kappa shape index (κ2) is 2.08. The van der Waals surface area contributed by atoms with E-state index in [0.717, 1.165) is 12.8 Å². The highest BCUT2D eigenvalue weighted by atomic mass is 32.2. The molecule has 0 aliphatic heterocycles. The number of rotatable bonds is 1. The van der Waals surface area contributed by atoms with Crippen LogP contribution in [0.3, 0.4) is 0 Å². The molecule has 2 N–H and O–H groups in total. The van der Waals surface area contributed by atoms with Crippen LogP contribution in [-0.4, -0.2) is 13.7 Å². The second-order valence-corrected chi connectivity index (χ2v) is 5.19. The molecule has 3 nitrogen and oxygen atoms in total. The zero-order chi connectivity index (χ0) is 8.06. The summed E-state index contributed by atoms with van der Waals surface area (Å²) in [5.41, 5.74) is 0. The molecule has 4 heteroatoms. The lowest BCUT2D eigenvalue weighted by molar-refractivity contribution is 0.563. The van der Waals surface area contributed by atoms with Crippen molar-refractivity contribution in [1.29, 1.82) is 0 Å². The molecule has 0 amide bonds. The van der Waals surface area contributed by atoms with Crippen molar-refractivity contribution in [2.24, 2.45) is 17.0 Å². The Hall–Kier alpha value is -0.350. The number of sulfonamides is 1. The third-order valence-electron chi connectivity index (χ3n) is 2.64. The lowest BCUT2D eigenvalue weighted by Gasteiger charge is -2.14. The number of hydrogen-bond acceptors (Lipinski definition) is 2. The maximum atomic E-state index is 11.0. The van der Waals surface area contributed by atoms with Crippen molar-refractivity contribution < 1.29 is 8.42 Å². The Morgan fingerprint density at radius 3 is 2.27 bits per heavy atom. The van der Waals surface area contributed by atoms with Crippen LogP contribution in [0.4, 0.5) is 0 Å². The summed E-state index contributed by atoms with van der Waals surface area (Å²) in [6, 6.07) is 0. The van der Waals surface area contributed by atoms with E-state index in [0.29, 0.717) is 5.92 Å². The van der Waals surface area contributed by atoms with Gasteiger partial charge in [0.25, 0.3) is 0 Å². The molecule has 1 fully saturated rings. The van der Waals surface area contributed by atoms with Crippen LogP contribution in [-0.2, 0) is 10.0 Å². The van der Waals surface area contributed by atoms with Crippen LogP contribution in [0.25, 0.3) is 0 Å². The molecular weight excluding hydrogens is 162 g/mol. The van der Waals surface area contributed by atoms with Gasteiger partial charge >= 0.3 is 0 Å². The summed E-state index contributed by atoms with van der Waals surface area (Å²) in [6.07, 6.45) is 5.82. The van der Waals surface area contributed by atoms with Gasteiger partial charge in [0.05, 0.1) is 5.25 Å². The van der Waals surface area contributed by atoms with Gasteiger partial charge in [-0.3, -0.25) is 0 Å². The highest BCUT2D eigenvalue weighted by Gasteiger charge is 2.41. The maximum absolute atomic E-state index is 11.0. The predicted molar refractivity (Wildman–Crippen MR) is 42.2 cm³/mol. The highest BCUT2D eigenvalue weighted by Crippen LogP contribution is 2.41. The topological polar surface area (TPSA) is 60.2 Å². The van der Waals surface area contributed by atoms with Crippen LogP contribution in [0.5, 0.6) is 0 Å². The molecule has 11 heavy (non-hydrogen) atoms. The van der Waals surface area contributed by atoms with Crippen LogP contribution in [0, 0.1) is 11.8 Å². The average Bonchev–Trinajstić information content (AvgIpc) is 2.42. The van der Waals surface area contributed by atoms with Crippen LogP contribution < -0.4 is 5.14 Å². The fourth-order valence-electron chi connectivity index (χ4n) is 2.11. The van der Waals surface area contributed by atoms with E-state index in [9.17, 15) is 8.42 Å². The molecule has 1 saturated carbocycles. The molecular formula is C7H11NO2S. The van der Waals surface area contributed by atoms with Gasteiger partial charge in [0, 0.05) is 0 Å². The van der Waals surface area contributed by atoms with Crippen LogP contribution >= 0.6 is 0 Å². The Balaban J connectivity index is 2.28. The van der Waals surface area contributed by atoms with Crippen molar-refractivity contribution in [3.63, 3.8) is 0 Å². The third-order valence-corrected chi connectivity index (χ3v) is 4.03. The minimum atomic E-state index is -3.28. The monoisotopic (exact) mass is 173 g/mol. The van der Waals surface area contributed by atoms with Gasteiger partial charge in [-0.2, -0.15) is 0 Å².